The largest absolute Gasteiger partial charge is 0.507 e. The van der Waals surface area contributed by atoms with Crippen LogP contribution in [0.1, 0.15) is 50.4 Å². The maximum absolute atomic E-state index is 14.8. The fraction of sp³-hybridized carbons (Fsp3) is 0.300. The van der Waals surface area contributed by atoms with Crippen molar-refractivity contribution in [2.45, 2.75) is 32.6 Å². The number of fused-ring (bicyclic) bond motifs is 6. The zero-order valence-electron chi connectivity index (χ0n) is 23.0. The number of phenolic OH excluding ortho intramolecular Hbond substituents is 1. The maximum Gasteiger partial charge on any atom is 0.264 e. The van der Waals surface area contributed by atoms with E-state index in [2.05, 4.69) is 20.6 Å². The second-order valence-electron chi connectivity index (χ2n) is 10.1. The van der Waals surface area contributed by atoms with Gasteiger partial charge in [0.15, 0.2) is 0 Å². The maximum atomic E-state index is 14.8. The first-order chi connectivity index (χ1) is 20.2. The molecule has 42 heavy (non-hydrogen) atoms. The van der Waals surface area contributed by atoms with Gasteiger partial charge < -0.3 is 25.6 Å². The minimum atomic E-state index is -0.582. The summed E-state index contributed by atoms with van der Waals surface area (Å²) in [6.07, 6.45) is 2.79. The van der Waals surface area contributed by atoms with E-state index in [1.165, 1.54) is 30.6 Å². The van der Waals surface area contributed by atoms with E-state index in [0.717, 1.165) is 16.9 Å². The van der Waals surface area contributed by atoms with Gasteiger partial charge in [0.2, 0.25) is 5.91 Å². The van der Waals surface area contributed by atoms with E-state index < -0.39 is 11.7 Å². The molecule has 12 heteroatoms. The SMILES string of the molecule is Cc1c(C(=O)N2CCCNC(=O)c3ccc(F)c(c3)-c3cc(ccc3O)CCNC(=O)CCC2)sc2nc[nH]c(=O)c12. The van der Waals surface area contributed by atoms with Crippen LogP contribution in [0, 0.1) is 12.7 Å². The smallest absolute Gasteiger partial charge is 0.264 e. The van der Waals surface area contributed by atoms with E-state index in [9.17, 15) is 28.7 Å². The van der Waals surface area contributed by atoms with Crippen LogP contribution in [0.5, 0.6) is 5.75 Å². The van der Waals surface area contributed by atoms with Gasteiger partial charge in [-0.15, -0.1) is 11.3 Å². The van der Waals surface area contributed by atoms with E-state index in [1.807, 2.05) is 0 Å². The topological polar surface area (TPSA) is 144 Å². The molecule has 0 radical (unpaired) electrons. The Kier molecular flexibility index (Phi) is 8.62. The van der Waals surface area contributed by atoms with Crippen molar-refractivity contribution in [2.75, 3.05) is 26.2 Å². The van der Waals surface area contributed by atoms with Crippen LogP contribution in [-0.4, -0.2) is 63.9 Å². The van der Waals surface area contributed by atoms with E-state index in [-0.39, 0.29) is 52.8 Å². The zero-order valence-corrected chi connectivity index (χ0v) is 23.8. The van der Waals surface area contributed by atoms with Crippen molar-refractivity contribution in [2.24, 2.45) is 0 Å². The Morgan fingerprint density at radius 3 is 2.62 bits per heavy atom. The number of aromatic hydroxyl groups is 1. The number of carbonyl (C=O) groups excluding carboxylic acids is 3. The van der Waals surface area contributed by atoms with E-state index in [0.29, 0.717) is 59.6 Å². The first-order valence-electron chi connectivity index (χ1n) is 13.7. The number of amides is 3. The summed E-state index contributed by atoms with van der Waals surface area (Å²) >= 11 is 1.15. The normalized spacial score (nSPS) is 15.3. The number of thiophene rings is 1. The number of aromatic nitrogens is 2. The Morgan fingerprint density at radius 1 is 1.00 bits per heavy atom. The average Bonchev–Trinajstić information content (AvgIpc) is 3.32. The lowest BCUT2D eigenvalue weighted by Gasteiger charge is -2.22. The third-order valence-corrected chi connectivity index (χ3v) is 8.44. The van der Waals surface area contributed by atoms with Gasteiger partial charge in [-0.25, -0.2) is 9.37 Å². The molecule has 0 unspecified atom stereocenters. The molecule has 10 nitrogen and oxygen atoms in total. The Hall–Kier alpha value is -4.58. The van der Waals surface area contributed by atoms with Crippen LogP contribution < -0.4 is 16.2 Å². The van der Waals surface area contributed by atoms with Gasteiger partial charge in [-0.3, -0.25) is 19.2 Å². The van der Waals surface area contributed by atoms with Gasteiger partial charge in [0.1, 0.15) is 16.4 Å². The number of phenols is 1. The summed E-state index contributed by atoms with van der Waals surface area (Å²) in [5.41, 5.74) is 1.60. The molecular weight excluding hydrogens is 561 g/mol. The van der Waals surface area contributed by atoms with Gasteiger partial charge in [-0.2, -0.15) is 0 Å². The Balaban J connectivity index is 1.39. The zero-order chi connectivity index (χ0) is 29.8. The van der Waals surface area contributed by atoms with Crippen LogP contribution in [0.2, 0.25) is 0 Å². The Bertz CT molecular complexity index is 1730. The number of nitrogens with one attached hydrogen (secondary N) is 3. The Morgan fingerprint density at radius 2 is 1.81 bits per heavy atom. The van der Waals surface area contributed by atoms with Gasteiger partial charge in [0, 0.05) is 49.3 Å². The minimum Gasteiger partial charge on any atom is -0.507 e. The van der Waals surface area contributed by atoms with Crippen molar-refractivity contribution >= 4 is 39.3 Å². The molecule has 4 N–H and O–H groups in total. The fourth-order valence-electron chi connectivity index (χ4n) is 5.01. The molecule has 4 aromatic rings. The summed E-state index contributed by atoms with van der Waals surface area (Å²) < 4.78 is 14.8. The van der Waals surface area contributed by atoms with Gasteiger partial charge in [0.05, 0.1) is 16.6 Å². The molecule has 1 aliphatic rings. The monoisotopic (exact) mass is 591 g/mol. The van der Waals surface area contributed by atoms with Crippen molar-refractivity contribution in [1.82, 2.24) is 25.5 Å². The van der Waals surface area contributed by atoms with Crippen LogP contribution in [0.15, 0.2) is 47.5 Å². The molecule has 2 aromatic carbocycles. The average molecular weight is 592 g/mol. The summed E-state index contributed by atoms with van der Waals surface area (Å²) in [6, 6.07) is 8.78. The number of halogens is 1. The van der Waals surface area contributed by atoms with Crippen LogP contribution in [-0.2, 0) is 11.2 Å². The molecule has 5 rings (SSSR count). The molecule has 0 atom stereocenters. The fourth-order valence-corrected chi connectivity index (χ4v) is 6.13. The van der Waals surface area contributed by atoms with Gasteiger partial charge in [-0.1, -0.05) is 6.07 Å². The quantitative estimate of drug-likeness (QED) is 0.267. The van der Waals surface area contributed by atoms with Crippen molar-refractivity contribution in [3.8, 4) is 16.9 Å². The Labute approximate surface area is 244 Å². The lowest BCUT2D eigenvalue weighted by Crippen LogP contribution is -2.36. The number of hydrogen-bond acceptors (Lipinski definition) is 7. The summed E-state index contributed by atoms with van der Waals surface area (Å²) in [6.45, 7) is 2.89. The molecule has 218 valence electrons. The summed E-state index contributed by atoms with van der Waals surface area (Å²) in [5.74, 6) is -1.55. The number of hydrogen-bond donors (Lipinski definition) is 4. The number of benzene rings is 2. The van der Waals surface area contributed by atoms with E-state index >= 15 is 0 Å². The highest BCUT2D eigenvalue weighted by molar-refractivity contribution is 7.20. The predicted octanol–water partition coefficient (Wildman–Crippen LogP) is 3.52. The number of rotatable bonds is 1. The van der Waals surface area contributed by atoms with Crippen molar-refractivity contribution in [3.05, 3.63) is 80.5 Å². The molecule has 0 saturated carbocycles. The highest BCUT2D eigenvalue weighted by Gasteiger charge is 2.23. The molecular formula is C30H30FN5O5S. The summed E-state index contributed by atoms with van der Waals surface area (Å²) in [7, 11) is 0. The summed E-state index contributed by atoms with van der Waals surface area (Å²) in [4.78, 5) is 60.7. The summed E-state index contributed by atoms with van der Waals surface area (Å²) in [5, 5.41) is 16.5. The van der Waals surface area contributed by atoms with Crippen LogP contribution >= 0.6 is 11.3 Å². The highest BCUT2D eigenvalue weighted by atomic mass is 32.1. The first kappa shape index (κ1) is 28.9. The lowest BCUT2D eigenvalue weighted by molar-refractivity contribution is -0.121. The number of carbonyl (C=O) groups is 3. The molecule has 3 amide bonds. The third kappa shape index (κ3) is 6.18. The molecule has 4 bridgehead atoms. The molecule has 3 heterocycles. The molecule has 0 saturated heterocycles. The standard InChI is InChI=1S/C30H30FN5O5S/c1-17-25-28(40)34-16-35-29(25)42-26(17)30(41)36-12-2-4-24(38)32-11-9-18-5-8-23(37)21(14-18)20-15-19(6-7-22(20)31)27(39)33-10-3-13-36/h5-8,14-16,37H,2-4,9-13H2,1H3,(H,32,38)(H,33,39)(H,34,35,40). The number of aromatic amines is 1. The molecule has 1 aliphatic heterocycles. The number of nitrogens with zero attached hydrogens (tertiary/aromatic N) is 2. The van der Waals surface area contributed by atoms with Crippen LogP contribution in [0.25, 0.3) is 21.3 Å². The minimum absolute atomic E-state index is 0.0905. The molecule has 0 aliphatic carbocycles. The number of aryl methyl sites for hydroxylation is 1. The van der Waals surface area contributed by atoms with E-state index in [4.69, 9.17) is 0 Å². The second-order valence-corrected chi connectivity index (χ2v) is 11.1. The molecule has 0 spiro atoms. The van der Waals surface area contributed by atoms with E-state index in [1.54, 1.807) is 24.0 Å². The van der Waals surface area contributed by atoms with Gasteiger partial charge in [-0.05, 0) is 67.6 Å². The molecule has 2 aromatic heterocycles. The van der Waals surface area contributed by atoms with Crippen molar-refractivity contribution in [3.63, 3.8) is 0 Å². The molecule has 0 fully saturated rings. The van der Waals surface area contributed by atoms with Crippen molar-refractivity contribution < 1.29 is 23.9 Å². The number of H-pyrrole nitrogens is 1. The van der Waals surface area contributed by atoms with Gasteiger partial charge in [0.25, 0.3) is 17.4 Å². The van der Waals surface area contributed by atoms with Crippen molar-refractivity contribution in [1.29, 1.82) is 0 Å². The lowest BCUT2D eigenvalue weighted by atomic mass is 9.98. The predicted molar refractivity (Wildman–Crippen MR) is 157 cm³/mol. The highest BCUT2D eigenvalue weighted by Crippen LogP contribution is 2.33. The van der Waals surface area contributed by atoms with Crippen LogP contribution in [0.3, 0.4) is 0 Å². The first-order valence-corrected chi connectivity index (χ1v) is 14.5. The van der Waals surface area contributed by atoms with Gasteiger partial charge >= 0.3 is 0 Å². The van der Waals surface area contributed by atoms with Crippen LogP contribution in [0.4, 0.5) is 4.39 Å². The second kappa shape index (κ2) is 12.5. The third-order valence-electron chi connectivity index (χ3n) is 7.25.